The number of rotatable bonds is 6. The van der Waals surface area contributed by atoms with Gasteiger partial charge < -0.3 is 10.1 Å². The fourth-order valence-corrected chi connectivity index (χ4v) is 3.04. The molecule has 0 unspecified atom stereocenters. The van der Waals surface area contributed by atoms with E-state index in [1.54, 1.807) is 53.5 Å². The summed E-state index contributed by atoms with van der Waals surface area (Å²) in [5.74, 6) is 1.44. The molecule has 4 aromatic rings. The van der Waals surface area contributed by atoms with Gasteiger partial charge in [0.25, 0.3) is 5.91 Å². The molecule has 3 heterocycles. The van der Waals surface area contributed by atoms with Crippen LogP contribution in [0.3, 0.4) is 0 Å². The summed E-state index contributed by atoms with van der Waals surface area (Å²) >= 11 is 5.87. The summed E-state index contributed by atoms with van der Waals surface area (Å²) in [6, 6.07) is 16.0. The van der Waals surface area contributed by atoms with Gasteiger partial charge in [-0.3, -0.25) is 4.79 Å². The Morgan fingerprint density at radius 1 is 1.07 bits per heavy atom. The van der Waals surface area contributed by atoms with Crippen molar-refractivity contribution in [3.8, 4) is 17.4 Å². The molecule has 0 bridgehead atoms. The van der Waals surface area contributed by atoms with Gasteiger partial charge in [0.05, 0.1) is 29.3 Å². The van der Waals surface area contributed by atoms with Crippen LogP contribution in [0.2, 0.25) is 5.02 Å². The molecule has 0 spiro atoms. The topological polar surface area (TPSA) is 81.9 Å². The molecule has 7 nitrogen and oxygen atoms in total. The standard InChI is InChI=1S/C22H18ClN5O2/c1-2-19-18(14-26-28(19)20-5-3-4-12-24-20)22(29)27-16-8-11-21(25-13-16)30-17-9-6-15(23)7-10-17/h3-14H,2H2,1H3,(H,27,29). The molecule has 1 N–H and O–H groups in total. The average Bonchev–Trinajstić information content (AvgIpc) is 3.21. The molecule has 0 aliphatic rings. The zero-order valence-corrected chi connectivity index (χ0v) is 16.9. The molecule has 0 aliphatic heterocycles. The summed E-state index contributed by atoms with van der Waals surface area (Å²) in [7, 11) is 0. The maximum atomic E-state index is 12.8. The molecule has 150 valence electrons. The fraction of sp³-hybridized carbons (Fsp3) is 0.0909. The molecule has 0 fully saturated rings. The number of amides is 1. The minimum atomic E-state index is -0.262. The Morgan fingerprint density at radius 2 is 1.90 bits per heavy atom. The van der Waals surface area contributed by atoms with Crippen molar-refractivity contribution in [1.82, 2.24) is 19.7 Å². The minimum Gasteiger partial charge on any atom is -0.439 e. The third-order valence-electron chi connectivity index (χ3n) is 4.34. The zero-order valence-electron chi connectivity index (χ0n) is 16.1. The van der Waals surface area contributed by atoms with E-state index in [4.69, 9.17) is 16.3 Å². The van der Waals surface area contributed by atoms with Gasteiger partial charge in [-0.1, -0.05) is 24.6 Å². The van der Waals surface area contributed by atoms with Crippen LogP contribution >= 0.6 is 11.6 Å². The predicted molar refractivity (Wildman–Crippen MR) is 114 cm³/mol. The molecular formula is C22H18ClN5O2. The Labute approximate surface area is 178 Å². The van der Waals surface area contributed by atoms with E-state index in [2.05, 4.69) is 20.4 Å². The smallest absolute Gasteiger partial charge is 0.259 e. The second-order valence-corrected chi connectivity index (χ2v) is 6.79. The molecule has 0 aliphatic carbocycles. The van der Waals surface area contributed by atoms with Crippen LogP contribution in [0.1, 0.15) is 23.0 Å². The van der Waals surface area contributed by atoms with E-state index in [1.165, 1.54) is 6.20 Å². The Hall–Kier alpha value is -3.71. The monoisotopic (exact) mass is 419 g/mol. The Kier molecular flexibility index (Phi) is 5.72. The molecule has 0 radical (unpaired) electrons. The van der Waals surface area contributed by atoms with Crippen LogP contribution in [0.4, 0.5) is 5.69 Å². The van der Waals surface area contributed by atoms with Gasteiger partial charge in [-0.25, -0.2) is 14.6 Å². The number of carbonyl (C=O) groups is 1. The lowest BCUT2D eigenvalue weighted by molar-refractivity contribution is 0.102. The van der Waals surface area contributed by atoms with Crippen molar-refractivity contribution >= 4 is 23.2 Å². The third kappa shape index (κ3) is 4.31. The van der Waals surface area contributed by atoms with E-state index < -0.39 is 0 Å². The lowest BCUT2D eigenvalue weighted by Gasteiger charge is -2.09. The average molecular weight is 420 g/mol. The van der Waals surface area contributed by atoms with Gasteiger partial charge in [-0.15, -0.1) is 0 Å². The van der Waals surface area contributed by atoms with E-state index in [1.807, 2.05) is 25.1 Å². The number of hydrogen-bond acceptors (Lipinski definition) is 5. The van der Waals surface area contributed by atoms with Gasteiger partial charge in [-0.2, -0.15) is 5.10 Å². The highest BCUT2D eigenvalue weighted by Gasteiger charge is 2.18. The number of halogens is 1. The largest absolute Gasteiger partial charge is 0.439 e. The van der Waals surface area contributed by atoms with Gasteiger partial charge in [0.2, 0.25) is 5.88 Å². The first-order valence-electron chi connectivity index (χ1n) is 9.33. The van der Waals surface area contributed by atoms with Crippen LogP contribution < -0.4 is 10.1 Å². The number of benzene rings is 1. The summed E-state index contributed by atoms with van der Waals surface area (Å²) in [6.07, 6.45) is 5.41. The summed E-state index contributed by atoms with van der Waals surface area (Å²) in [4.78, 5) is 21.3. The molecule has 4 rings (SSSR count). The second kappa shape index (κ2) is 8.75. The number of aromatic nitrogens is 4. The van der Waals surface area contributed by atoms with Crippen LogP contribution in [0.25, 0.3) is 5.82 Å². The molecule has 30 heavy (non-hydrogen) atoms. The van der Waals surface area contributed by atoms with Crippen molar-refractivity contribution in [3.63, 3.8) is 0 Å². The van der Waals surface area contributed by atoms with E-state index in [0.29, 0.717) is 40.1 Å². The number of anilines is 1. The van der Waals surface area contributed by atoms with Crippen molar-refractivity contribution < 1.29 is 9.53 Å². The first kappa shape index (κ1) is 19.6. The Balaban J connectivity index is 1.47. The summed E-state index contributed by atoms with van der Waals surface area (Å²) in [5, 5.41) is 7.81. The molecule has 1 aromatic carbocycles. The Morgan fingerprint density at radius 3 is 2.57 bits per heavy atom. The quantitative estimate of drug-likeness (QED) is 0.479. The lowest BCUT2D eigenvalue weighted by Crippen LogP contribution is -2.14. The van der Waals surface area contributed by atoms with Gasteiger partial charge in [0.15, 0.2) is 5.82 Å². The van der Waals surface area contributed by atoms with Crippen molar-refractivity contribution in [2.45, 2.75) is 13.3 Å². The molecule has 1 amide bonds. The van der Waals surface area contributed by atoms with E-state index in [0.717, 1.165) is 5.69 Å². The number of carbonyl (C=O) groups excluding carboxylic acids is 1. The maximum absolute atomic E-state index is 12.8. The normalized spacial score (nSPS) is 10.6. The lowest BCUT2D eigenvalue weighted by atomic mass is 10.2. The molecule has 3 aromatic heterocycles. The van der Waals surface area contributed by atoms with Crippen LogP contribution in [-0.2, 0) is 6.42 Å². The van der Waals surface area contributed by atoms with E-state index >= 15 is 0 Å². The molecule has 8 heteroatoms. The highest BCUT2D eigenvalue weighted by molar-refractivity contribution is 6.30. The van der Waals surface area contributed by atoms with Gasteiger partial charge in [-0.05, 0) is 48.9 Å². The van der Waals surface area contributed by atoms with Crippen molar-refractivity contribution in [3.05, 3.63) is 89.5 Å². The number of nitrogens with zero attached hydrogens (tertiary/aromatic N) is 4. The Bertz CT molecular complexity index is 1140. The van der Waals surface area contributed by atoms with Crippen LogP contribution in [0.15, 0.2) is 73.2 Å². The first-order valence-corrected chi connectivity index (χ1v) is 9.71. The van der Waals surface area contributed by atoms with Crippen molar-refractivity contribution in [1.29, 1.82) is 0 Å². The summed E-state index contributed by atoms with van der Waals surface area (Å²) < 4.78 is 7.34. The van der Waals surface area contributed by atoms with Gasteiger partial charge in [0.1, 0.15) is 5.75 Å². The zero-order chi connectivity index (χ0) is 20.9. The molecule has 0 saturated heterocycles. The number of pyridine rings is 2. The highest BCUT2D eigenvalue weighted by atomic mass is 35.5. The van der Waals surface area contributed by atoms with Crippen LogP contribution in [-0.4, -0.2) is 25.7 Å². The van der Waals surface area contributed by atoms with Crippen molar-refractivity contribution in [2.75, 3.05) is 5.32 Å². The molecule has 0 atom stereocenters. The highest BCUT2D eigenvalue weighted by Crippen LogP contribution is 2.23. The van der Waals surface area contributed by atoms with Gasteiger partial charge >= 0.3 is 0 Å². The maximum Gasteiger partial charge on any atom is 0.259 e. The molecular weight excluding hydrogens is 402 g/mol. The van der Waals surface area contributed by atoms with Crippen LogP contribution in [0, 0.1) is 0 Å². The van der Waals surface area contributed by atoms with Crippen molar-refractivity contribution in [2.24, 2.45) is 0 Å². The van der Waals surface area contributed by atoms with Gasteiger partial charge in [0, 0.05) is 17.3 Å². The summed E-state index contributed by atoms with van der Waals surface area (Å²) in [5.41, 5.74) is 1.82. The fourth-order valence-electron chi connectivity index (χ4n) is 2.92. The number of nitrogens with one attached hydrogen (secondary N) is 1. The number of ether oxygens (including phenoxy) is 1. The van der Waals surface area contributed by atoms with Crippen LogP contribution in [0.5, 0.6) is 11.6 Å². The number of hydrogen-bond donors (Lipinski definition) is 1. The SMILES string of the molecule is CCc1c(C(=O)Nc2ccc(Oc3ccc(Cl)cc3)nc2)cnn1-c1ccccn1. The third-order valence-corrected chi connectivity index (χ3v) is 4.60. The second-order valence-electron chi connectivity index (χ2n) is 6.35. The summed E-state index contributed by atoms with van der Waals surface area (Å²) in [6.45, 7) is 1.97. The van der Waals surface area contributed by atoms with E-state index in [9.17, 15) is 4.79 Å². The van der Waals surface area contributed by atoms with E-state index in [-0.39, 0.29) is 5.91 Å². The predicted octanol–water partition coefficient (Wildman–Crippen LogP) is 4.92. The molecule has 0 saturated carbocycles. The minimum absolute atomic E-state index is 0.262. The first-order chi connectivity index (χ1) is 14.6.